The number of hydrogen-bond donors (Lipinski definition) is 1. The first kappa shape index (κ1) is 13.3. The van der Waals surface area contributed by atoms with Gasteiger partial charge in [0.25, 0.3) is 0 Å². The molecule has 0 aliphatic carbocycles. The molecule has 1 aromatic heterocycles. The van der Waals surface area contributed by atoms with Crippen molar-refractivity contribution in [1.29, 1.82) is 0 Å². The van der Waals surface area contributed by atoms with Gasteiger partial charge in [0.1, 0.15) is 5.76 Å². The Balaban J connectivity index is 1.96. The van der Waals surface area contributed by atoms with E-state index in [1.165, 1.54) is 32.1 Å². The van der Waals surface area contributed by atoms with Gasteiger partial charge in [0.15, 0.2) is 0 Å². The topological polar surface area (TPSA) is 42.4 Å². The van der Waals surface area contributed by atoms with Crippen molar-refractivity contribution < 1.29 is 4.42 Å². The van der Waals surface area contributed by atoms with Gasteiger partial charge in [0.05, 0.1) is 12.8 Å². The Morgan fingerprint density at radius 3 is 2.62 bits per heavy atom. The summed E-state index contributed by atoms with van der Waals surface area (Å²) >= 11 is 0. The lowest BCUT2D eigenvalue weighted by atomic mass is 10.1. The third-order valence-corrected chi connectivity index (χ3v) is 2.75. The average Bonchev–Trinajstić information content (AvgIpc) is 2.76. The molecule has 16 heavy (non-hydrogen) atoms. The molecule has 0 fully saturated rings. The highest BCUT2D eigenvalue weighted by molar-refractivity contribution is 4.97. The number of furan rings is 1. The summed E-state index contributed by atoms with van der Waals surface area (Å²) in [7, 11) is 2.14. The standard InChI is InChI=1S/C13H24N2O/c1-15(12-13-8-7-11-16-13)10-6-4-2-3-5-9-14/h7-8,11H,2-6,9-10,12,14H2,1H3. The van der Waals surface area contributed by atoms with Gasteiger partial charge in [-0.25, -0.2) is 0 Å². The second kappa shape index (κ2) is 8.36. The van der Waals surface area contributed by atoms with Gasteiger partial charge in [-0.3, -0.25) is 4.90 Å². The Kier molecular flexibility index (Phi) is 6.93. The lowest BCUT2D eigenvalue weighted by Gasteiger charge is -2.14. The van der Waals surface area contributed by atoms with Crippen LogP contribution in [0.5, 0.6) is 0 Å². The first-order valence-corrected chi connectivity index (χ1v) is 6.24. The molecule has 0 aliphatic rings. The van der Waals surface area contributed by atoms with E-state index < -0.39 is 0 Å². The van der Waals surface area contributed by atoms with Crippen LogP contribution >= 0.6 is 0 Å². The van der Waals surface area contributed by atoms with Gasteiger partial charge in [-0.2, -0.15) is 0 Å². The molecule has 0 spiro atoms. The third-order valence-electron chi connectivity index (χ3n) is 2.75. The van der Waals surface area contributed by atoms with Crippen LogP contribution in [0, 0.1) is 0 Å². The van der Waals surface area contributed by atoms with E-state index in [2.05, 4.69) is 11.9 Å². The van der Waals surface area contributed by atoms with Crippen molar-refractivity contribution in [2.75, 3.05) is 20.1 Å². The van der Waals surface area contributed by atoms with E-state index >= 15 is 0 Å². The maximum absolute atomic E-state index is 5.45. The maximum atomic E-state index is 5.45. The second-order valence-corrected chi connectivity index (χ2v) is 4.37. The summed E-state index contributed by atoms with van der Waals surface area (Å²) in [5, 5.41) is 0. The zero-order valence-electron chi connectivity index (χ0n) is 10.3. The molecular weight excluding hydrogens is 200 g/mol. The Morgan fingerprint density at radius 2 is 1.94 bits per heavy atom. The van der Waals surface area contributed by atoms with Gasteiger partial charge in [0.2, 0.25) is 0 Å². The molecular formula is C13H24N2O. The molecule has 1 heterocycles. The molecule has 0 unspecified atom stereocenters. The molecule has 3 nitrogen and oxygen atoms in total. The molecule has 0 saturated heterocycles. The van der Waals surface area contributed by atoms with E-state index in [0.717, 1.165) is 25.4 Å². The van der Waals surface area contributed by atoms with Gasteiger partial charge in [-0.1, -0.05) is 19.3 Å². The molecule has 0 aromatic carbocycles. The van der Waals surface area contributed by atoms with Crippen LogP contribution in [0.25, 0.3) is 0 Å². The lowest BCUT2D eigenvalue weighted by molar-refractivity contribution is 0.288. The first-order valence-electron chi connectivity index (χ1n) is 6.24. The summed E-state index contributed by atoms with van der Waals surface area (Å²) in [5.74, 6) is 1.05. The predicted molar refractivity (Wildman–Crippen MR) is 67.2 cm³/mol. The van der Waals surface area contributed by atoms with E-state index in [1.54, 1.807) is 6.26 Å². The van der Waals surface area contributed by atoms with Gasteiger partial charge < -0.3 is 10.2 Å². The number of nitrogens with two attached hydrogens (primary N) is 1. The van der Waals surface area contributed by atoms with Crippen LogP contribution in [0.2, 0.25) is 0 Å². The molecule has 1 aromatic rings. The van der Waals surface area contributed by atoms with E-state index in [9.17, 15) is 0 Å². The van der Waals surface area contributed by atoms with Crippen LogP contribution in [0.3, 0.4) is 0 Å². The number of rotatable bonds is 9. The normalized spacial score (nSPS) is 11.2. The highest BCUT2D eigenvalue weighted by Gasteiger charge is 2.01. The summed E-state index contributed by atoms with van der Waals surface area (Å²) in [5.41, 5.74) is 5.45. The highest BCUT2D eigenvalue weighted by Crippen LogP contribution is 2.06. The summed E-state index contributed by atoms with van der Waals surface area (Å²) in [6, 6.07) is 3.97. The fourth-order valence-corrected chi connectivity index (χ4v) is 1.80. The van der Waals surface area contributed by atoms with Crippen molar-refractivity contribution in [3.8, 4) is 0 Å². The van der Waals surface area contributed by atoms with E-state index in [4.69, 9.17) is 10.2 Å². The van der Waals surface area contributed by atoms with Crippen LogP contribution in [0.15, 0.2) is 22.8 Å². The molecule has 92 valence electrons. The Hall–Kier alpha value is -0.800. The quantitative estimate of drug-likeness (QED) is 0.656. The van der Waals surface area contributed by atoms with E-state index in [0.29, 0.717) is 0 Å². The van der Waals surface area contributed by atoms with Gasteiger partial charge in [-0.15, -0.1) is 0 Å². The van der Waals surface area contributed by atoms with Gasteiger partial charge in [-0.05, 0) is 45.1 Å². The Labute approximate surface area is 98.6 Å². The molecule has 3 heteroatoms. The number of nitrogens with zero attached hydrogens (tertiary/aromatic N) is 1. The van der Waals surface area contributed by atoms with Crippen LogP contribution in [-0.4, -0.2) is 25.0 Å². The molecule has 1 rings (SSSR count). The van der Waals surface area contributed by atoms with Crippen LogP contribution < -0.4 is 5.73 Å². The number of unbranched alkanes of at least 4 members (excludes halogenated alkanes) is 4. The first-order chi connectivity index (χ1) is 7.83. The molecule has 0 amide bonds. The fourth-order valence-electron chi connectivity index (χ4n) is 1.80. The van der Waals surface area contributed by atoms with Gasteiger partial charge >= 0.3 is 0 Å². The molecule has 2 N–H and O–H groups in total. The second-order valence-electron chi connectivity index (χ2n) is 4.37. The van der Waals surface area contributed by atoms with Crippen molar-refractivity contribution in [2.24, 2.45) is 5.73 Å². The molecule has 0 aliphatic heterocycles. The van der Waals surface area contributed by atoms with Crippen LogP contribution in [-0.2, 0) is 6.54 Å². The van der Waals surface area contributed by atoms with Crippen molar-refractivity contribution >= 4 is 0 Å². The van der Waals surface area contributed by atoms with Crippen molar-refractivity contribution in [3.63, 3.8) is 0 Å². The summed E-state index contributed by atoms with van der Waals surface area (Å²) in [6.45, 7) is 2.89. The van der Waals surface area contributed by atoms with Crippen LogP contribution in [0.4, 0.5) is 0 Å². The van der Waals surface area contributed by atoms with E-state index in [-0.39, 0.29) is 0 Å². The predicted octanol–water partition coefficient (Wildman–Crippen LogP) is 2.62. The van der Waals surface area contributed by atoms with Crippen molar-refractivity contribution in [2.45, 2.75) is 38.6 Å². The smallest absolute Gasteiger partial charge is 0.117 e. The third kappa shape index (κ3) is 5.93. The zero-order chi connectivity index (χ0) is 11.6. The minimum Gasteiger partial charge on any atom is -0.468 e. The minimum absolute atomic E-state index is 0.832. The van der Waals surface area contributed by atoms with Gasteiger partial charge in [0, 0.05) is 0 Å². The molecule has 0 atom stereocenters. The summed E-state index contributed by atoms with van der Waals surface area (Å²) in [4.78, 5) is 2.31. The highest BCUT2D eigenvalue weighted by atomic mass is 16.3. The maximum Gasteiger partial charge on any atom is 0.117 e. The summed E-state index contributed by atoms with van der Waals surface area (Å²) in [6.07, 6.45) is 8.06. The molecule has 0 radical (unpaired) electrons. The molecule has 0 bridgehead atoms. The van der Waals surface area contributed by atoms with Crippen LogP contribution in [0.1, 0.15) is 37.9 Å². The average molecular weight is 224 g/mol. The minimum atomic E-state index is 0.832. The Morgan fingerprint density at radius 1 is 1.19 bits per heavy atom. The summed E-state index contributed by atoms with van der Waals surface area (Å²) < 4.78 is 5.31. The van der Waals surface area contributed by atoms with Crippen molar-refractivity contribution in [3.05, 3.63) is 24.2 Å². The fraction of sp³-hybridized carbons (Fsp3) is 0.692. The SMILES string of the molecule is CN(CCCCCCCN)Cc1ccco1. The van der Waals surface area contributed by atoms with Crippen molar-refractivity contribution in [1.82, 2.24) is 4.90 Å². The Bertz CT molecular complexity index is 246. The monoisotopic (exact) mass is 224 g/mol. The zero-order valence-corrected chi connectivity index (χ0v) is 10.3. The molecule has 0 saturated carbocycles. The largest absolute Gasteiger partial charge is 0.468 e. The lowest BCUT2D eigenvalue weighted by Crippen LogP contribution is -2.18. The van der Waals surface area contributed by atoms with E-state index in [1.807, 2.05) is 12.1 Å². The number of hydrogen-bond acceptors (Lipinski definition) is 3.